The summed E-state index contributed by atoms with van der Waals surface area (Å²) in [5, 5.41) is 17.4. The van der Waals surface area contributed by atoms with Crippen LogP contribution in [-0.4, -0.2) is 26.5 Å². The van der Waals surface area contributed by atoms with Gasteiger partial charge in [-0.2, -0.15) is 0 Å². The van der Waals surface area contributed by atoms with Crippen LogP contribution in [-0.2, 0) is 6.42 Å². The van der Waals surface area contributed by atoms with E-state index in [0.29, 0.717) is 17.3 Å². The summed E-state index contributed by atoms with van der Waals surface area (Å²) in [4.78, 5) is 14.3. The highest BCUT2D eigenvalue weighted by molar-refractivity contribution is 7.98. The third kappa shape index (κ3) is 2.85. The molecule has 0 bridgehead atoms. The predicted octanol–water partition coefficient (Wildman–Crippen LogP) is 1.18. The van der Waals surface area contributed by atoms with Gasteiger partial charge in [0.2, 0.25) is 0 Å². The van der Waals surface area contributed by atoms with Crippen LogP contribution < -0.4 is 5.56 Å². The molecule has 5 nitrogen and oxygen atoms in total. The number of rotatable bonds is 3. The Kier molecular flexibility index (Phi) is 3.43. The van der Waals surface area contributed by atoms with Crippen LogP contribution in [0.25, 0.3) is 0 Å². The first-order valence-corrected chi connectivity index (χ1v) is 6.19. The number of H-pyrrole nitrogens is 1. The molecule has 0 fully saturated rings. The van der Waals surface area contributed by atoms with Gasteiger partial charge in [0.05, 0.1) is 0 Å². The Morgan fingerprint density at radius 3 is 2.59 bits per heavy atom. The van der Waals surface area contributed by atoms with E-state index in [1.54, 1.807) is 24.3 Å². The Morgan fingerprint density at radius 1 is 1.29 bits per heavy atom. The molecule has 0 saturated carbocycles. The minimum absolute atomic E-state index is 0.200. The average Bonchev–Trinajstić information content (AvgIpc) is 2.34. The van der Waals surface area contributed by atoms with Crippen LogP contribution in [0.15, 0.2) is 34.2 Å². The summed E-state index contributed by atoms with van der Waals surface area (Å²) in [6, 6.07) is 6.65. The second kappa shape index (κ2) is 5.01. The summed E-state index contributed by atoms with van der Waals surface area (Å²) in [5.74, 6) is 0.200. The summed E-state index contributed by atoms with van der Waals surface area (Å²) in [5.41, 5.74) is 1.05. The Bertz CT molecular complexity index is 566. The van der Waals surface area contributed by atoms with Crippen molar-refractivity contribution in [2.24, 2.45) is 0 Å². The molecule has 1 aromatic carbocycles. The van der Waals surface area contributed by atoms with Crippen molar-refractivity contribution in [1.29, 1.82) is 0 Å². The van der Waals surface area contributed by atoms with Crippen LogP contribution in [0.3, 0.4) is 0 Å². The third-order valence-corrected chi connectivity index (χ3v) is 2.82. The number of phenols is 1. The number of hydrogen-bond donors (Lipinski definition) is 2. The van der Waals surface area contributed by atoms with Crippen LogP contribution >= 0.6 is 11.8 Å². The van der Waals surface area contributed by atoms with E-state index in [1.165, 1.54) is 11.8 Å². The van der Waals surface area contributed by atoms with Gasteiger partial charge in [-0.15, -0.1) is 10.2 Å². The fourth-order valence-corrected chi connectivity index (χ4v) is 1.68. The molecule has 6 heteroatoms. The van der Waals surface area contributed by atoms with Gasteiger partial charge < -0.3 is 5.11 Å². The Labute approximate surface area is 102 Å². The van der Waals surface area contributed by atoms with Crippen molar-refractivity contribution in [2.75, 3.05) is 6.26 Å². The molecule has 88 valence electrons. The smallest absolute Gasteiger partial charge is 0.273 e. The zero-order valence-corrected chi connectivity index (χ0v) is 9.99. The molecule has 0 atom stereocenters. The molecule has 0 unspecified atom stereocenters. The first-order valence-electron chi connectivity index (χ1n) is 4.97. The molecule has 0 aliphatic carbocycles. The summed E-state index contributed by atoms with van der Waals surface area (Å²) in [6.45, 7) is 0. The molecule has 0 amide bonds. The van der Waals surface area contributed by atoms with Gasteiger partial charge in [0, 0.05) is 6.42 Å². The summed E-state index contributed by atoms with van der Waals surface area (Å²) in [6.07, 6.45) is 2.22. The fourth-order valence-electron chi connectivity index (χ4n) is 1.36. The predicted molar refractivity (Wildman–Crippen MR) is 65.3 cm³/mol. The third-order valence-electron chi connectivity index (χ3n) is 2.25. The van der Waals surface area contributed by atoms with Crippen LogP contribution in [0.5, 0.6) is 5.75 Å². The van der Waals surface area contributed by atoms with Crippen molar-refractivity contribution < 1.29 is 5.11 Å². The SMILES string of the molecule is CSc1nnc(Cc2ccc(O)cc2)c(=O)[nH]1. The number of hydrogen-bond acceptors (Lipinski definition) is 5. The molecule has 0 radical (unpaired) electrons. The van der Waals surface area contributed by atoms with E-state index in [-0.39, 0.29) is 11.3 Å². The maximum atomic E-state index is 11.6. The molecule has 2 aromatic rings. The van der Waals surface area contributed by atoms with E-state index in [2.05, 4.69) is 15.2 Å². The van der Waals surface area contributed by atoms with E-state index >= 15 is 0 Å². The molecule has 2 N–H and O–H groups in total. The number of aromatic nitrogens is 3. The van der Waals surface area contributed by atoms with E-state index in [1.807, 2.05) is 6.26 Å². The van der Waals surface area contributed by atoms with Crippen molar-refractivity contribution in [3.63, 3.8) is 0 Å². The van der Waals surface area contributed by atoms with E-state index in [4.69, 9.17) is 5.11 Å². The van der Waals surface area contributed by atoms with Gasteiger partial charge in [0.25, 0.3) is 5.56 Å². The molecule has 1 heterocycles. The number of nitrogens with zero attached hydrogens (tertiary/aromatic N) is 2. The Morgan fingerprint density at radius 2 is 2.00 bits per heavy atom. The average molecular weight is 249 g/mol. The van der Waals surface area contributed by atoms with Crippen molar-refractivity contribution >= 4 is 11.8 Å². The Hall–Kier alpha value is -1.82. The second-order valence-electron chi connectivity index (χ2n) is 3.45. The van der Waals surface area contributed by atoms with Gasteiger partial charge in [0.1, 0.15) is 11.4 Å². The molecule has 0 saturated heterocycles. The minimum atomic E-state index is -0.225. The number of phenolic OH excluding ortho intramolecular Hbond substituents is 1. The quantitative estimate of drug-likeness (QED) is 0.799. The van der Waals surface area contributed by atoms with Gasteiger partial charge in [0.15, 0.2) is 5.16 Å². The molecule has 0 aliphatic rings. The number of aromatic amines is 1. The van der Waals surface area contributed by atoms with Crippen LogP contribution in [0.1, 0.15) is 11.3 Å². The standard InChI is InChI=1S/C11H11N3O2S/c1-17-11-12-10(16)9(13-14-11)6-7-2-4-8(15)5-3-7/h2-5,15H,6H2,1H3,(H,12,14,16). The monoisotopic (exact) mass is 249 g/mol. The number of nitrogens with one attached hydrogen (secondary N) is 1. The summed E-state index contributed by atoms with van der Waals surface area (Å²) >= 11 is 1.34. The lowest BCUT2D eigenvalue weighted by Gasteiger charge is -2.01. The van der Waals surface area contributed by atoms with Crippen LogP contribution in [0.4, 0.5) is 0 Å². The van der Waals surface area contributed by atoms with Crippen molar-refractivity contribution in [2.45, 2.75) is 11.6 Å². The maximum Gasteiger partial charge on any atom is 0.273 e. The van der Waals surface area contributed by atoms with Gasteiger partial charge in [-0.25, -0.2) is 0 Å². The van der Waals surface area contributed by atoms with Crippen molar-refractivity contribution in [1.82, 2.24) is 15.2 Å². The zero-order valence-electron chi connectivity index (χ0n) is 9.17. The van der Waals surface area contributed by atoms with Gasteiger partial charge in [-0.05, 0) is 24.0 Å². The van der Waals surface area contributed by atoms with E-state index in [0.717, 1.165) is 5.56 Å². The van der Waals surface area contributed by atoms with E-state index < -0.39 is 0 Å². The molecule has 1 aromatic heterocycles. The molecule has 0 aliphatic heterocycles. The van der Waals surface area contributed by atoms with Gasteiger partial charge in [-0.3, -0.25) is 9.78 Å². The number of aromatic hydroxyl groups is 1. The van der Waals surface area contributed by atoms with Crippen LogP contribution in [0.2, 0.25) is 0 Å². The van der Waals surface area contributed by atoms with Crippen LogP contribution in [0, 0.1) is 0 Å². The first kappa shape index (κ1) is 11.7. The van der Waals surface area contributed by atoms with E-state index in [9.17, 15) is 4.79 Å². The zero-order chi connectivity index (χ0) is 12.3. The van der Waals surface area contributed by atoms with Gasteiger partial charge in [-0.1, -0.05) is 23.9 Å². The molecule has 17 heavy (non-hydrogen) atoms. The lowest BCUT2D eigenvalue weighted by atomic mass is 10.1. The second-order valence-corrected chi connectivity index (χ2v) is 4.25. The molecule has 0 spiro atoms. The first-order chi connectivity index (χ1) is 8.19. The molecular weight excluding hydrogens is 238 g/mol. The topological polar surface area (TPSA) is 78.9 Å². The maximum absolute atomic E-state index is 11.6. The number of benzene rings is 1. The normalized spacial score (nSPS) is 10.4. The molecular formula is C11H11N3O2S. The van der Waals surface area contributed by atoms with Gasteiger partial charge >= 0.3 is 0 Å². The highest BCUT2D eigenvalue weighted by Gasteiger charge is 2.05. The highest BCUT2D eigenvalue weighted by Crippen LogP contribution is 2.11. The largest absolute Gasteiger partial charge is 0.508 e. The van der Waals surface area contributed by atoms with Crippen molar-refractivity contribution in [3.05, 3.63) is 45.9 Å². The summed E-state index contributed by atoms with van der Waals surface area (Å²) < 4.78 is 0. The fraction of sp³-hybridized carbons (Fsp3) is 0.182. The summed E-state index contributed by atoms with van der Waals surface area (Å²) in [7, 11) is 0. The van der Waals surface area contributed by atoms with Crippen molar-refractivity contribution in [3.8, 4) is 5.75 Å². The lowest BCUT2D eigenvalue weighted by Crippen LogP contribution is -2.17. The number of thioether (sulfide) groups is 1. The Balaban J connectivity index is 2.24. The highest BCUT2D eigenvalue weighted by atomic mass is 32.2. The molecule has 2 rings (SSSR count). The lowest BCUT2D eigenvalue weighted by molar-refractivity contribution is 0.475. The minimum Gasteiger partial charge on any atom is -0.508 e.